The minimum atomic E-state index is -1.29. The molecule has 30 heavy (non-hydrogen) atoms. The van der Waals surface area contributed by atoms with E-state index in [1.165, 1.54) is 18.4 Å². The van der Waals surface area contributed by atoms with Crippen LogP contribution < -0.4 is 10.1 Å². The van der Waals surface area contributed by atoms with Crippen LogP contribution in [0.1, 0.15) is 50.9 Å². The number of carboxylic acid groups (broad SMARTS) is 1. The number of carboxylic acids is 1. The maximum atomic E-state index is 12.6. The summed E-state index contributed by atoms with van der Waals surface area (Å²) in [5, 5.41) is 12.8. The number of anilines is 1. The van der Waals surface area contributed by atoms with Gasteiger partial charge in [0.1, 0.15) is 16.4 Å². The third-order valence-electron chi connectivity index (χ3n) is 4.78. The first kappa shape index (κ1) is 21.6. The van der Waals surface area contributed by atoms with Crippen LogP contribution in [-0.2, 0) is 22.4 Å². The van der Waals surface area contributed by atoms with Crippen molar-refractivity contribution in [2.24, 2.45) is 0 Å². The normalized spacial score (nSPS) is 13.3. The number of allylic oxidation sites excluding steroid dienone is 1. The van der Waals surface area contributed by atoms with Gasteiger partial charge in [0.05, 0.1) is 19.3 Å². The second-order valence-corrected chi connectivity index (χ2v) is 7.82. The topological polar surface area (TPSA) is 102 Å². The lowest BCUT2D eigenvalue weighted by Gasteiger charge is -2.12. The third-order valence-corrected chi connectivity index (χ3v) is 5.99. The summed E-state index contributed by atoms with van der Waals surface area (Å²) in [5.41, 5.74) is 1.31. The van der Waals surface area contributed by atoms with Gasteiger partial charge in [0, 0.05) is 16.5 Å². The quantitative estimate of drug-likeness (QED) is 0.370. The van der Waals surface area contributed by atoms with Gasteiger partial charge < -0.3 is 19.9 Å². The minimum Gasteiger partial charge on any atom is -0.497 e. The zero-order chi connectivity index (χ0) is 21.7. The van der Waals surface area contributed by atoms with Crippen LogP contribution in [0.5, 0.6) is 5.75 Å². The number of benzene rings is 1. The molecule has 1 heterocycles. The van der Waals surface area contributed by atoms with Gasteiger partial charge in [-0.2, -0.15) is 0 Å². The molecule has 0 fully saturated rings. The highest BCUT2D eigenvalue weighted by Crippen LogP contribution is 2.39. The number of carbonyl (C=O) groups is 3. The molecule has 0 bridgehead atoms. The molecule has 0 saturated heterocycles. The second-order valence-electron chi connectivity index (χ2n) is 6.72. The van der Waals surface area contributed by atoms with Crippen molar-refractivity contribution in [3.8, 4) is 5.75 Å². The fourth-order valence-corrected chi connectivity index (χ4v) is 4.61. The summed E-state index contributed by atoms with van der Waals surface area (Å²) in [4.78, 5) is 38.0. The Balaban J connectivity index is 1.93. The average molecular weight is 429 g/mol. The summed E-state index contributed by atoms with van der Waals surface area (Å²) in [6, 6.07) is 6.37. The molecule has 0 radical (unpaired) electrons. The van der Waals surface area contributed by atoms with Crippen LogP contribution in [-0.4, -0.2) is 36.5 Å². The van der Waals surface area contributed by atoms with E-state index in [1.54, 1.807) is 31.2 Å². The Hall–Kier alpha value is -3.13. The predicted octanol–water partition coefficient (Wildman–Crippen LogP) is 4.08. The average Bonchev–Trinajstić information content (AvgIpc) is 3.11. The van der Waals surface area contributed by atoms with Crippen molar-refractivity contribution in [2.75, 3.05) is 19.0 Å². The van der Waals surface area contributed by atoms with E-state index in [0.717, 1.165) is 42.2 Å². The highest BCUT2D eigenvalue weighted by Gasteiger charge is 2.27. The van der Waals surface area contributed by atoms with Gasteiger partial charge in [-0.25, -0.2) is 9.59 Å². The maximum Gasteiger partial charge on any atom is 0.352 e. The highest BCUT2D eigenvalue weighted by molar-refractivity contribution is 7.16. The predicted molar refractivity (Wildman–Crippen MR) is 114 cm³/mol. The monoisotopic (exact) mass is 429 g/mol. The smallest absolute Gasteiger partial charge is 0.352 e. The third kappa shape index (κ3) is 4.71. The van der Waals surface area contributed by atoms with Gasteiger partial charge >= 0.3 is 11.9 Å². The molecule has 0 atom stereocenters. The first-order chi connectivity index (χ1) is 14.4. The largest absolute Gasteiger partial charge is 0.497 e. The number of carbonyl (C=O) groups excluding carboxylic acids is 2. The number of aliphatic carboxylic acids is 1. The van der Waals surface area contributed by atoms with E-state index >= 15 is 0 Å². The Kier molecular flexibility index (Phi) is 6.89. The van der Waals surface area contributed by atoms with Gasteiger partial charge in [0.2, 0.25) is 0 Å². The Morgan fingerprint density at radius 1 is 1.17 bits per heavy atom. The molecule has 1 aliphatic carbocycles. The van der Waals surface area contributed by atoms with Crippen LogP contribution in [0.4, 0.5) is 5.00 Å². The number of hydrogen-bond donors (Lipinski definition) is 2. The van der Waals surface area contributed by atoms with Gasteiger partial charge in [-0.3, -0.25) is 4.79 Å². The molecule has 158 valence electrons. The number of hydrogen-bond acceptors (Lipinski definition) is 7. The molecule has 0 spiro atoms. The Morgan fingerprint density at radius 2 is 1.87 bits per heavy atom. The number of thiophene rings is 1. The van der Waals surface area contributed by atoms with Crippen LogP contribution in [0.3, 0.4) is 0 Å². The van der Waals surface area contributed by atoms with E-state index in [9.17, 15) is 19.5 Å². The second kappa shape index (κ2) is 9.58. The Labute approximate surface area is 178 Å². The molecule has 1 aliphatic rings. The van der Waals surface area contributed by atoms with Gasteiger partial charge in [-0.15, -0.1) is 11.3 Å². The number of esters is 1. The zero-order valence-electron chi connectivity index (χ0n) is 16.8. The first-order valence-corrected chi connectivity index (χ1v) is 10.5. The summed E-state index contributed by atoms with van der Waals surface area (Å²) in [5.74, 6) is -1.65. The Morgan fingerprint density at radius 3 is 2.50 bits per heavy atom. The van der Waals surface area contributed by atoms with Crippen LogP contribution in [0.25, 0.3) is 0 Å². The molecule has 1 aromatic carbocycles. The first-order valence-electron chi connectivity index (χ1n) is 9.66. The molecule has 1 aromatic heterocycles. The number of fused-ring (bicyclic) bond motifs is 1. The number of aryl methyl sites for hydroxylation is 1. The molecule has 2 aromatic rings. The fraction of sp³-hybridized carbons (Fsp3) is 0.318. The molecule has 3 rings (SSSR count). The summed E-state index contributed by atoms with van der Waals surface area (Å²) in [6.07, 6.45) is 4.60. The standard InChI is InChI=1S/C22H23NO6S/c1-3-29-22(27)19-15-6-4-5-7-18(15)30-20(19)23-16(21(25)26)12-17(24)13-8-10-14(28-2)11-9-13/h8-12,23H,3-7H2,1-2H3,(H,25,26). The van der Waals surface area contributed by atoms with E-state index in [1.807, 2.05) is 0 Å². The fourth-order valence-electron chi connectivity index (χ4n) is 3.32. The molecule has 2 N–H and O–H groups in total. The number of nitrogens with one attached hydrogen (secondary N) is 1. The lowest BCUT2D eigenvalue weighted by atomic mass is 9.95. The lowest BCUT2D eigenvalue weighted by molar-refractivity contribution is -0.132. The van der Waals surface area contributed by atoms with Crippen LogP contribution in [0.2, 0.25) is 0 Å². The summed E-state index contributed by atoms with van der Waals surface area (Å²) < 4.78 is 10.3. The molecule has 7 nitrogen and oxygen atoms in total. The van der Waals surface area contributed by atoms with Crippen molar-refractivity contribution < 1.29 is 29.0 Å². The molecule has 0 amide bonds. The molecule has 0 aliphatic heterocycles. The number of methoxy groups -OCH3 is 1. The van der Waals surface area contributed by atoms with Crippen LogP contribution in [0, 0.1) is 0 Å². The molecular formula is C22H23NO6S. The number of ketones is 1. The van der Waals surface area contributed by atoms with E-state index in [2.05, 4.69) is 5.32 Å². The van der Waals surface area contributed by atoms with Crippen molar-refractivity contribution in [1.82, 2.24) is 0 Å². The Bertz CT molecular complexity index is 990. The molecule has 8 heteroatoms. The lowest BCUT2D eigenvalue weighted by Crippen LogP contribution is -2.15. The summed E-state index contributed by atoms with van der Waals surface area (Å²) in [6.45, 7) is 1.94. The molecule has 0 saturated carbocycles. The number of ether oxygens (including phenoxy) is 2. The van der Waals surface area contributed by atoms with E-state index in [4.69, 9.17) is 9.47 Å². The highest BCUT2D eigenvalue weighted by atomic mass is 32.1. The SMILES string of the molecule is CCOC(=O)c1c(NC(=CC(=O)c2ccc(OC)cc2)C(=O)O)sc2c1CCCC2. The molecular weight excluding hydrogens is 406 g/mol. The van der Waals surface area contributed by atoms with E-state index < -0.39 is 17.7 Å². The summed E-state index contributed by atoms with van der Waals surface area (Å²) >= 11 is 1.35. The van der Waals surface area contributed by atoms with Gasteiger partial charge in [-0.1, -0.05) is 0 Å². The van der Waals surface area contributed by atoms with Crippen LogP contribution in [0.15, 0.2) is 36.0 Å². The van der Waals surface area contributed by atoms with Crippen molar-refractivity contribution in [2.45, 2.75) is 32.6 Å². The molecule has 0 unspecified atom stereocenters. The van der Waals surface area contributed by atoms with Gasteiger partial charge in [0.25, 0.3) is 0 Å². The van der Waals surface area contributed by atoms with Crippen molar-refractivity contribution >= 4 is 34.1 Å². The maximum absolute atomic E-state index is 12.6. The zero-order valence-corrected chi connectivity index (χ0v) is 17.6. The van der Waals surface area contributed by atoms with E-state index in [0.29, 0.717) is 21.9 Å². The van der Waals surface area contributed by atoms with Crippen molar-refractivity contribution in [1.29, 1.82) is 0 Å². The van der Waals surface area contributed by atoms with Gasteiger partial charge in [-0.05, 0) is 62.4 Å². The number of rotatable bonds is 8. The van der Waals surface area contributed by atoms with E-state index in [-0.39, 0.29) is 12.3 Å². The van der Waals surface area contributed by atoms with Crippen molar-refractivity contribution in [3.05, 3.63) is 57.6 Å². The minimum absolute atomic E-state index is 0.223. The van der Waals surface area contributed by atoms with Crippen LogP contribution >= 0.6 is 11.3 Å². The van der Waals surface area contributed by atoms with Crippen molar-refractivity contribution in [3.63, 3.8) is 0 Å². The summed E-state index contributed by atoms with van der Waals surface area (Å²) in [7, 11) is 1.52. The van der Waals surface area contributed by atoms with Gasteiger partial charge in [0.15, 0.2) is 5.78 Å².